The molecule has 5 heteroatoms. The third-order valence-electron chi connectivity index (χ3n) is 2.15. The molecule has 84 valence electrons. The Bertz CT molecular complexity index is 314. The van der Waals surface area contributed by atoms with Crippen LogP contribution in [0, 0.1) is 0 Å². The highest BCUT2D eigenvalue weighted by Crippen LogP contribution is 2.22. The molecule has 0 aliphatic heterocycles. The lowest BCUT2D eigenvalue weighted by atomic mass is 10.3. The average molecular weight is 228 g/mol. The van der Waals surface area contributed by atoms with E-state index in [0.29, 0.717) is 11.5 Å². The summed E-state index contributed by atoms with van der Waals surface area (Å²) in [6.45, 7) is 5.66. The molecule has 0 saturated carbocycles. The maximum atomic E-state index is 10.6. The number of nitrogens with zero attached hydrogens (tertiary/aromatic N) is 2. The summed E-state index contributed by atoms with van der Waals surface area (Å²) >= 11 is 1.41. The molecule has 1 unspecified atom stereocenters. The van der Waals surface area contributed by atoms with Crippen LogP contribution in [0.5, 0.6) is 0 Å². The lowest BCUT2D eigenvalue weighted by Gasteiger charge is -2.26. The van der Waals surface area contributed by atoms with Gasteiger partial charge in [-0.25, -0.2) is 4.98 Å². The van der Waals surface area contributed by atoms with Crippen LogP contribution in [0.25, 0.3) is 0 Å². The highest BCUT2D eigenvalue weighted by Gasteiger charge is 2.15. The van der Waals surface area contributed by atoms with Crippen LogP contribution in [0.1, 0.15) is 23.5 Å². The molecule has 0 aliphatic rings. The first-order chi connectivity index (χ1) is 7.22. The van der Waals surface area contributed by atoms with Crippen molar-refractivity contribution in [3.05, 3.63) is 11.1 Å². The van der Waals surface area contributed by atoms with E-state index in [1.807, 2.05) is 0 Å². The first kappa shape index (κ1) is 12.1. The second-order valence-electron chi connectivity index (χ2n) is 3.25. The van der Waals surface area contributed by atoms with Gasteiger partial charge in [0.1, 0.15) is 0 Å². The Labute approximate surface area is 93.9 Å². The molecule has 1 aromatic heterocycles. The summed E-state index contributed by atoms with van der Waals surface area (Å²) in [6, 6.07) is 0.269. The van der Waals surface area contributed by atoms with E-state index in [0.717, 1.165) is 18.0 Å². The normalized spacial score (nSPS) is 12.5. The summed E-state index contributed by atoms with van der Waals surface area (Å²) in [5.74, 6) is 0. The molecular weight excluding hydrogens is 212 g/mol. The molecule has 15 heavy (non-hydrogen) atoms. The fraction of sp³-hybridized carbons (Fsp3) is 0.600. The average Bonchev–Trinajstić information content (AvgIpc) is 2.68. The minimum Gasteiger partial charge on any atom is -0.383 e. The number of thiazole rings is 1. The Kier molecular flexibility index (Phi) is 4.71. The highest BCUT2D eigenvalue weighted by molar-refractivity contribution is 7.17. The van der Waals surface area contributed by atoms with Crippen molar-refractivity contribution >= 4 is 22.8 Å². The van der Waals surface area contributed by atoms with Crippen molar-refractivity contribution in [3.8, 4) is 0 Å². The number of aldehydes is 1. The first-order valence-corrected chi connectivity index (χ1v) is 5.71. The summed E-state index contributed by atoms with van der Waals surface area (Å²) in [6.07, 6.45) is 2.44. The number of likely N-dealkylation sites (N-methyl/N-ethyl adjacent to an activating group) is 1. The fourth-order valence-electron chi connectivity index (χ4n) is 1.43. The molecule has 0 fully saturated rings. The molecule has 0 bridgehead atoms. The molecule has 0 radical (unpaired) electrons. The number of rotatable bonds is 6. The van der Waals surface area contributed by atoms with Crippen molar-refractivity contribution < 1.29 is 9.53 Å². The summed E-state index contributed by atoms with van der Waals surface area (Å²) in [5.41, 5.74) is 0. The van der Waals surface area contributed by atoms with Gasteiger partial charge in [-0.3, -0.25) is 4.79 Å². The Morgan fingerprint density at radius 1 is 1.73 bits per heavy atom. The van der Waals surface area contributed by atoms with Gasteiger partial charge in [0.2, 0.25) is 0 Å². The van der Waals surface area contributed by atoms with Crippen LogP contribution in [-0.4, -0.2) is 37.6 Å². The van der Waals surface area contributed by atoms with E-state index in [-0.39, 0.29) is 6.04 Å². The van der Waals surface area contributed by atoms with Gasteiger partial charge in [0.15, 0.2) is 11.4 Å². The van der Waals surface area contributed by atoms with Crippen molar-refractivity contribution in [2.75, 3.05) is 25.2 Å². The van der Waals surface area contributed by atoms with Gasteiger partial charge in [-0.05, 0) is 13.8 Å². The van der Waals surface area contributed by atoms with Gasteiger partial charge in [-0.2, -0.15) is 0 Å². The van der Waals surface area contributed by atoms with Crippen molar-refractivity contribution in [1.29, 1.82) is 0 Å². The molecule has 1 heterocycles. The quantitative estimate of drug-likeness (QED) is 0.696. The Morgan fingerprint density at radius 2 is 2.47 bits per heavy atom. The largest absolute Gasteiger partial charge is 0.383 e. The van der Waals surface area contributed by atoms with Gasteiger partial charge >= 0.3 is 0 Å². The number of hydrogen-bond acceptors (Lipinski definition) is 5. The maximum Gasteiger partial charge on any atom is 0.186 e. The fourth-order valence-corrected chi connectivity index (χ4v) is 2.33. The number of methoxy groups -OCH3 is 1. The molecule has 0 aliphatic carbocycles. The molecular formula is C10H16N2O2S. The van der Waals surface area contributed by atoms with E-state index in [1.54, 1.807) is 13.3 Å². The van der Waals surface area contributed by atoms with E-state index >= 15 is 0 Å². The summed E-state index contributed by atoms with van der Waals surface area (Å²) in [7, 11) is 1.68. The Balaban J connectivity index is 2.77. The molecule has 0 aromatic carbocycles. The minimum absolute atomic E-state index is 0.269. The Hall–Kier alpha value is -0.940. The van der Waals surface area contributed by atoms with Crippen molar-refractivity contribution in [2.45, 2.75) is 19.9 Å². The third kappa shape index (κ3) is 3.00. The molecule has 0 spiro atoms. The van der Waals surface area contributed by atoms with Crippen LogP contribution in [0.4, 0.5) is 5.13 Å². The molecule has 0 N–H and O–H groups in total. The zero-order valence-corrected chi connectivity index (χ0v) is 10.1. The van der Waals surface area contributed by atoms with Gasteiger partial charge in [0.05, 0.1) is 23.7 Å². The van der Waals surface area contributed by atoms with Crippen LogP contribution in [0.2, 0.25) is 0 Å². The topological polar surface area (TPSA) is 42.4 Å². The standard InChI is InChI=1S/C10H16N2O2S/c1-4-12(8(2)7-14-3)10-11-5-9(6-13)15-10/h5-6,8H,4,7H2,1-3H3. The number of carbonyl (C=O) groups excluding carboxylic acids is 1. The van der Waals surface area contributed by atoms with Gasteiger partial charge in [0, 0.05) is 13.7 Å². The minimum atomic E-state index is 0.269. The molecule has 0 amide bonds. The smallest absolute Gasteiger partial charge is 0.186 e. The van der Waals surface area contributed by atoms with Crippen molar-refractivity contribution in [1.82, 2.24) is 4.98 Å². The van der Waals surface area contributed by atoms with E-state index in [2.05, 4.69) is 23.7 Å². The second kappa shape index (κ2) is 5.82. The lowest BCUT2D eigenvalue weighted by molar-refractivity contribution is 0.112. The van der Waals surface area contributed by atoms with E-state index < -0.39 is 0 Å². The van der Waals surface area contributed by atoms with Crippen molar-refractivity contribution in [3.63, 3.8) is 0 Å². The number of ether oxygens (including phenoxy) is 1. The summed E-state index contributed by atoms with van der Waals surface area (Å²) < 4.78 is 5.11. The van der Waals surface area contributed by atoms with Crippen LogP contribution < -0.4 is 4.90 Å². The second-order valence-corrected chi connectivity index (χ2v) is 4.29. The zero-order valence-electron chi connectivity index (χ0n) is 9.27. The summed E-state index contributed by atoms with van der Waals surface area (Å²) in [4.78, 5) is 17.6. The first-order valence-electron chi connectivity index (χ1n) is 4.89. The van der Waals surface area contributed by atoms with E-state index in [4.69, 9.17) is 4.74 Å². The van der Waals surface area contributed by atoms with Gasteiger partial charge in [-0.1, -0.05) is 11.3 Å². The van der Waals surface area contributed by atoms with Crippen LogP contribution in [-0.2, 0) is 4.74 Å². The zero-order chi connectivity index (χ0) is 11.3. The molecule has 1 aromatic rings. The monoisotopic (exact) mass is 228 g/mol. The predicted octanol–water partition coefficient (Wildman–Crippen LogP) is 1.82. The van der Waals surface area contributed by atoms with Gasteiger partial charge in [0.25, 0.3) is 0 Å². The molecule has 0 saturated heterocycles. The molecule has 4 nitrogen and oxygen atoms in total. The van der Waals surface area contributed by atoms with Crippen LogP contribution in [0.15, 0.2) is 6.20 Å². The summed E-state index contributed by atoms with van der Waals surface area (Å²) in [5, 5.41) is 0.879. The number of anilines is 1. The maximum absolute atomic E-state index is 10.6. The molecule has 1 atom stereocenters. The number of hydrogen-bond donors (Lipinski definition) is 0. The van der Waals surface area contributed by atoms with Crippen LogP contribution >= 0.6 is 11.3 Å². The van der Waals surface area contributed by atoms with Crippen molar-refractivity contribution in [2.24, 2.45) is 0 Å². The predicted molar refractivity (Wildman–Crippen MR) is 61.9 cm³/mol. The SMILES string of the molecule is CCN(c1ncc(C=O)s1)C(C)COC. The van der Waals surface area contributed by atoms with E-state index in [1.165, 1.54) is 11.3 Å². The molecule has 1 rings (SSSR count). The Morgan fingerprint density at radius 3 is 2.93 bits per heavy atom. The van der Waals surface area contributed by atoms with E-state index in [9.17, 15) is 4.79 Å². The van der Waals surface area contributed by atoms with Gasteiger partial charge < -0.3 is 9.64 Å². The lowest BCUT2D eigenvalue weighted by Crippen LogP contribution is -2.35. The highest BCUT2D eigenvalue weighted by atomic mass is 32.1. The number of carbonyl (C=O) groups is 1. The number of aromatic nitrogens is 1. The van der Waals surface area contributed by atoms with Gasteiger partial charge in [-0.15, -0.1) is 0 Å². The third-order valence-corrected chi connectivity index (χ3v) is 3.11. The van der Waals surface area contributed by atoms with Crippen LogP contribution in [0.3, 0.4) is 0 Å².